The number of hydrogen-bond acceptors (Lipinski definition) is 4. The number of hydrogen-bond donors (Lipinski definition) is 1. The average Bonchev–Trinajstić information content (AvgIpc) is 3.24. The molecule has 2 aromatic heterocycles. The highest BCUT2D eigenvalue weighted by Crippen LogP contribution is 2.29. The van der Waals surface area contributed by atoms with Crippen LogP contribution in [-0.2, 0) is 11.3 Å². The van der Waals surface area contributed by atoms with Crippen molar-refractivity contribution in [3.05, 3.63) is 82.5 Å². The molecule has 0 saturated heterocycles. The Morgan fingerprint density at radius 3 is 2.62 bits per heavy atom. The number of carboxylic acids is 1. The van der Waals surface area contributed by atoms with Gasteiger partial charge < -0.3 is 9.52 Å². The Hall–Kier alpha value is -3.38. The van der Waals surface area contributed by atoms with E-state index in [0.717, 1.165) is 5.56 Å². The van der Waals surface area contributed by atoms with E-state index < -0.39 is 5.97 Å². The van der Waals surface area contributed by atoms with E-state index in [4.69, 9.17) is 16.0 Å². The third-order valence-corrected chi connectivity index (χ3v) is 4.91. The Morgan fingerprint density at radius 1 is 1.17 bits per heavy atom. The lowest BCUT2D eigenvalue weighted by Crippen LogP contribution is -2.01. The van der Waals surface area contributed by atoms with Crippen molar-refractivity contribution in [2.45, 2.75) is 19.9 Å². The maximum absolute atomic E-state index is 11.4. The normalized spacial score (nSPS) is 11.9. The minimum atomic E-state index is -0.982. The third-order valence-electron chi connectivity index (χ3n) is 4.51. The molecule has 4 aromatic rings. The van der Waals surface area contributed by atoms with Gasteiger partial charge in [0.15, 0.2) is 5.58 Å². The number of rotatable bonds is 6. The van der Waals surface area contributed by atoms with Gasteiger partial charge in [-0.15, -0.1) is 0 Å². The first-order valence-electron chi connectivity index (χ1n) is 9.06. The van der Waals surface area contributed by atoms with Crippen LogP contribution in [-0.4, -0.2) is 25.8 Å². The zero-order valence-electron chi connectivity index (χ0n) is 15.7. The lowest BCUT2D eigenvalue weighted by Gasteiger charge is -2.04. The molecule has 0 radical (unpaired) electrons. The molecule has 6 nitrogen and oxygen atoms in total. The maximum atomic E-state index is 11.4. The molecule has 0 spiro atoms. The molecule has 0 amide bonds. The number of nitrogens with zero attached hydrogens (tertiary/aromatic N) is 3. The van der Waals surface area contributed by atoms with Gasteiger partial charge in [-0.25, -0.2) is 9.67 Å². The van der Waals surface area contributed by atoms with Crippen molar-refractivity contribution in [3.8, 4) is 0 Å². The summed E-state index contributed by atoms with van der Waals surface area (Å²) in [6.07, 6.45) is 1.46. The molecule has 0 fully saturated rings. The largest absolute Gasteiger partial charge is 0.481 e. The third kappa shape index (κ3) is 4.07. The number of carboxylic acid groups (broad SMARTS) is 1. The van der Waals surface area contributed by atoms with E-state index in [0.29, 0.717) is 39.6 Å². The number of carbonyl (C=O) groups is 1. The highest BCUT2D eigenvalue weighted by molar-refractivity contribution is 6.31. The number of para-hydroxylation sites is 2. The lowest BCUT2D eigenvalue weighted by atomic mass is 10.1. The summed E-state index contributed by atoms with van der Waals surface area (Å²) in [6, 6.07) is 17.2. The molecule has 4 rings (SSSR count). The van der Waals surface area contributed by atoms with Gasteiger partial charge in [0.05, 0.1) is 18.7 Å². The number of fused-ring (bicyclic) bond motifs is 1. The standard InChI is InChI=1S/C22H18ClN3O3/c1-14-17(21(23)26(25-14)13-15-7-3-2-4-8-15)11-16(12-20(27)28)22-24-18-9-5-6-10-19(18)29-22/h2-11H,12-13H2,1H3,(H,27,28)/b16-11-. The minimum absolute atomic E-state index is 0.244. The summed E-state index contributed by atoms with van der Waals surface area (Å²) < 4.78 is 7.47. The van der Waals surface area contributed by atoms with Gasteiger partial charge in [-0.05, 0) is 30.7 Å². The van der Waals surface area contributed by atoms with Crippen LogP contribution < -0.4 is 0 Å². The summed E-state index contributed by atoms with van der Waals surface area (Å²) in [4.78, 5) is 15.9. The second-order valence-corrected chi connectivity index (χ2v) is 7.02. The van der Waals surface area contributed by atoms with E-state index in [1.807, 2.05) is 55.5 Å². The second kappa shape index (κ2) is 7.93. The van der Waals surface area contributed by atoms with Crippen LogP contribution in [0.5, 0.6) is 0 Å². The minimum Gasteiger partial charge on any atom is -0.481 e. The molecule has 29 heavy (non-hydrogen) atoms. The molecule has 0 saturated carbocycles. The van der Waals surface area contributed by atoms with E-state index in [1.54, 1.807) is 16.8 Å². The summed E-state index contributed by atoms with van der Waals surface area (Å²) in [5, 5.41) is 14.3. The Morgan fingerprint density at radius 2 is 1.90 bits per heavy atom. The topological polar surface area (TPSA) is 81.2 Å². The molecule has 146 valence electrons. The number of halogens is 1. The van der Waals surface area contributed by atoms with Crippen molar-refractivity contribution in [1.29, 1.82) is 0 Å². The highest BCUT2D eigenvalue weighted by Gasteiger charge is 2.18. The van der Waals surface area contributed by atoms with E-state index >= 15 is 0 Å². The molecule has 0 aliphatic carbocycles. The smallest absolute Gasteiger partial charge is 0.308 e. The molecule has 2 heterocycles. The summed E-state index contributed by atoms with van der Waals surface area (Å²) in [5.41, 5.74) is 4.11. The number of aliphatic carboxylic acids is 1. The molecular formula is C22H18ClN3O3. The van der Waals surface area contributed by atoms with Gasteiger partial charge in [-0.3, -0.25) is 4.79 Å². The van der Waals surface area contributed by atoms with Crippen LogP contribution in [0.1, 0.15) is 29.1 Å². The van der Waals surface area contributed by atoms with Gasteiger partial charge >= 0.3 is 5.97 Å². The molecule has 0 atom stereocenters. The quantitative estimate of drug-likeness (QED) is 0.483. The predicted molar refractivity (Wildman–Crippen MR) is 112 cm³/mol. The predicted octanol–water partition coefficient (Wildman–Crippen LogP) is 5.05. The Labute approximate surface area is 172 Å². The van der Waals surface area contributed by atoms with Gasteiger partial charge in [0.1, 0.15) is 10.7 Å². The fourth-order valence-electron chi connectivity index (χ4n) is 3.13. The Balaban J connectivity index is 1.75. The van der Waals surface area contributed by atoms with Crippen molar-refractivity contribution in [1.82, 2.24) is 14.8 Å². The van der Waals surface area contributed by atoms with Crippen LogP contribution >= 0.6 is 11.6 Å². The molecule has 0 aliphatic rings. The Kier molecular flexibility index (Phi) is 5.18. The number of benzene rings is 2. The van der Waals surface area contributed by atoms with Gasteiger partial charge in [0.2, 0.25) is 5.89 Å². The van der Waals surface area contributed by atoms with Crippen molar-refractivity contribution in [2.24, 2.45) is 0 Å². The van der Waals surface area contributed by atoms with Crippen molar-refractivity contribution in [2.75, 3.05) is 0 Å². The van der Waals surface area contributed by atoms with Crippen molar-refractivity contribution in [3.63, 3.8) is 0 Å². The fraction of sp³-hybridized carbons (Fsp3) is 0.136. The molecule has 0 unspecified atom stereocenters. The van der Waals surface area contributed by atoms with Crippen LogP contribution in [0.2, 0.25) is 5.15 Å². The molecule has 0 bridgehead atoms. The van der Waals surface area contributed by atoms with E-state index in [1.165, 1.54) is 0 Å². The van der Waals surface area contributed by atoms with Crippen LogP contribution in [0.25, 0.3) is 22.7 Å². The van der Waals surface area contributed by atoms with Crippen molar-refractivity contribution < 1.29 is 14.3 Å². The van der Waals surface area contributed by atoms with E-state index in [-0.39, 0.29) is 12.3 Å². The molecular weight excluding hydrogens is 390 g/mol. The molecule has 2 aromatic carbocycles. The zero-order valence-corrected chi connectivity index (χ0v) is 16.4. The van der Waals surface area contributed by atoms with E-state index in [9.17, 15) is 9.90 Å². The summed E-state index contributed by atoms with van der Waals surface area (Å²) >= 11 is 6.58. The van der Waals surface area contributed by atoms with Crippen LogP contribution in [0.3, 0.4) is 0 Å². The number of oxazole rings is 1. The molecule has 0 aliphatic heterocycles. The van der Waals surface area contributed by atoms with Gasteiger partial charge in [0, 0.05) is 11.1 Å². The first-order valence-corrected chi connectivity index (χ1v) is 9.44. The van der Waals surface area contributed by atoms with Gasteiger partial charge in [-0.1, -0.05) is 54.1 Å². The van der Waals surface area contributed by atoms with Gasteiger partial charge in [0.25, 0.3) is 0 Å². The summed E-state index contributed by atoms with van der Waals surface area (Å²) in [7, 11) is 0. The van der Waals surface area contributed by atoms with Crippen molar-refractivity contribution >= 4 is 40.3 Å². The fourth-order valence-corrected chi connectivity index (χ4v) is 3.42. The zero-order chi connectivity index (χ0) is 20.4. The Bertz CT molecular complexity index is 1180. The lowest BCUT2D eigenvalue weighted by molar-refractivity contribution is -0.135. The number of aryl methyl sites for hydroxylation is 1. The SMILES string of the molecule is Cc1nn(Cc2ccccc2)c(Cl)c1/C=C(/CC(=O)O)c1nc2ccccc2o1. The van der Waals surface area contributed by atoms with Crippen LogP contribution in [0.4, 0.5) is 0 Å². The monoisotopic (exact) mass is 407 g/mol. The molecule has 1 N–H and O–H groups in total. The maximum Gasteiger partial charge on any atom is 0.308 e. The second-order valence-electron chi connectivity index (χ2n) is 6.66. The highest BCUT2D eigenvalue weighted by atomic mass is 35.5. The van der Waals surface area contributed by atoms with Crippen LogP contribution in [0, 0.1) is 6.92 Å². The first kappa shape index (κ1) is 19.0. The first-order chi connectivity index (χ1) is 14.0. The van der Waals surface area contributed by atoms with Crippen LogP contribution in [0.15, 0.2) is 59.0 Å². The summed E-state index contributed by atoms with van der Waals surface area (Å²) in [6.45, 7) is 2.36. The number of aromatic nitrogens is 3. The van der Waals surface area contributed by atoms with E-state index in [2.05, 4.69) is 10.1 Å². The van der Waals surface area contributed by atoms with Gasteiger partial charge in [-0.2, -0.15) is 5.10 Å². The average molecular weight is 408 g/mol. The molecule has 7 heteroatoms. The summed E-state index contributed by atoms with van der Waals surface area (Å²) in [5.74, 6) is -0.719.